The molecule has 1 heterocycles. The van der Waals surface area contributed by atoms with Crippen molar-refractivity contribution in [2.24, 2.45) is 0 Å². The van der Waals surface area contributed by atoms with Crippen molar-refractivity contribution in [2.75, 3.05) is 6.61 Å². The highest BCUT2D eigenvalue weighted by Crippen LogP contribution is 2.34. The fourth-order valence-corrected chi connectivity index (χ4v) is 4.36. The normalized spacial score (nSPS) is 24.8. The third-order valence-corrected chi connectivity index (χ3v) is 5.66. The molecule has 0 N–H and O–H groups in total. The predicted octanol–water partition coefficient (Wildman–Crippen LogP) is 2.64. The number of hydrogen-bond donors (Lipinski definition) is 0. The molecule has 36 heavy (non-hydrogen) atoms. The van der Waals surface area contributed by atoms with E-state index in [2.05, 4.69) is 0 Å². The Labute approximate surface area is 211 Å². The third kappa shape index (κ3) is 9.34. The number of benzene rings is 1. The summed E-state index contributed by atoms with van der Waals surface area (Å²) < 4.78 is 39.8. The van der Waals surface area contributed by atoms with Crippen LogP contribution in [0, 0.1) is 0 Å². The van der Waals surface area contributed by atoms with E-state index in [0.717, 1.165) is 13.8 Å². The average molecular weight is 527 g/mol. The van der Waals surface area contributed by atoms with Crippen molar-refractivity contribution in [1.29, 1.82) is 0 Å². The van der Waals surface area contributed by atoms with Gasteiger partial charge in [-0.15, -0.1) is 0 Å². The molecule has 0 radical (unpaired) electrons. The van der Waals surface area contributed by atoms with Gasteiger partial charge in [-0.3, -0.25) is 19.2 Å². The molecule has 1 saturated heterocycles. The maximum absolute atomic E-state index is 12.1. The Kier molecular flexibility index (Phi) is 10.6. The Balaban J connectivity index is 2.56. The number of hydrogen-bond acceptors (Lipinski definition) is 11. The van der Waals surface area contributed by atoms with Crippen LogP contribution in [-0.2, 0) is 52.0 Å². The molecule has 0 spiro atoms. The quantitative estimate of drug-likeness (QED) is 0.193. The number of carbonyl (C=O) groups is 4. The molecule has 1 fully saturated rings. The molecule has 6 atom stereocenters. The van der Waals surface area contributed by atoms with E-state index in [9.17, 15) is 19.2 Å². The van der Waals surface area contributed by atoms with Gasteiger partial charge in [0.15, 0.2) is 20.7 Å². The summed E-state index contributed by atoms with van der Waals surface area (Å²) in [4.78, 5) is 47.4. The molecule has 0 aliphatic carbocycles. The van der Waals surface area contributed by atoms with E-state index < -0.39 is 69.2 Å². The largest absolute Gasteiger partial charge is 0.463 e. The van der Waals surface area contributed by atoms with Crippen molar-refractivity contribution in [1.82, 2.24) is 0 Å². The molecule has 2 rings (SSSR count). The van der Waals surface area contributed by atoms with Crippen LogP contribution in [0.4, 0.5) is 0 Å². The Bertz CT molecular complexity index is 914. The summed E-state index contributed by atoms with van der Waals surface area (Å²) in [5.74, 6) is -2.75. The molecule has 200 valence electrons. The maximum atomic E-state index is 12.1. The second-order valence-corrected chi connectivity index (χ2v) is 13.6. The van der Waals surface area contributed by atoms with Gasteiger partial charge in [-0.1, -0.05) is 30.3 Å². The Morgan fingerprint density at radius 3 is 1.86 bits per heavy atom. The molecule has 1 aliphatic rings. The highest BCUT2D eigenvalue weighted by Gasteiger charge is 2.53. The lowest BCUT2D eigenvalue weighted by Gasteiger charge is -2.45. The minimum Gasteiger partial charge on any atom is -0.463 e. The Morgan fingerprint density at radius 2 is 1.36 bits per heavy atom. The Morgan fingerprint density at radius 1 is 0.806 bits per heavy atom. The smallest absolute Gasteiger partial charge is 0.305 e. The van der Waals surface area contributed by atoms with E-state index in [0.29, 0.717) is 5.56 Å². The summed E-state index contributed by atoms with van der Waals surface area (Å²) >= 11 is 0. The molecular formula is C24H34O11Si. The van der Waals surface area contributed by atoms with Gasteiger partial charge < -0.3 is 32.8 Å². The van der Waals surface area contributed by atoms with Gasteiger partial charge in [0.1, 0.15) is 18.8 Å². The van der Waals surface area contributed by atoms with Crippen molar-refractivity contribution >= 4 is 32.2 Å². The lowest BCUT2D eigenvalue weighted by atomic mass is 9.98. The van der Waals surface area contributed by atoms with Crippen LogP contribution in [0.25, 0.3) is 0 Å². The van der Waals surface area contributed by atoms with Crippen LogP contribution in [-0.4, -0.2) is 69.5 Å². The van der Waals surface area contributed by atoms with Gasteiger partial charge in [-0.25, -0.2) is 0 Å². The van der Waals surface area contributed by atoms with Gasteiger partial charge in [0.25, 0.3) is 0 Å². The van der Waals surface area contributed by atoms with Crippen molar-refractivity contribution in [3.05, 3.63) is 35.9 Å². The molecule has 1 aliphatic heterocycles. The molecule has 1 unspecified atom stereocenters. The van der Waals surface area contributed by atoms with Crippen LogP contribution in [0.1, 0.15) is 39.5 Å². The van der Waals surface area contributed by atoms with E-state index in [1.807, 2.05) is 50.0 Å². The first-order chi connectivity index (χ1) is 16.8. The summed E-state index contributed by atoms with van der Waals surface area (Å²) in [6, 6.07) is 9.08. The fourth-order valence-electron chi connectivity index (χ4n) is 3.53. The van der Waals surface area contributed by atoms with E-state index in [4.69, 9.17) is 32.8 Å². The summed E-state index contributed by atoms with van der Waals surface area (Å²) in [5, 5.41) is 0. The monoisotopic (exact) mass is 526 g/mol. The minimum absolute atomic E-state index is 0.323. The Hall–Kier alpha value is -2.80. The lowest BCUT2D eigenvalue weighted by molar-refractivity contribution is -0.319. The van der Waals surface area contributed by atoms with E-state index in [1.165, 1.54) is 13.8 Å². The van der Waals surface area contributed by atoms with Crippen LogP contribution >= 0.6 is 0 Å². The van der Waals surface area contributed by atoms with Crippen LogP contribution in [0.3, 0.4) is 0 Å². The SMILES string of the molecule is CC(=O)OC[C@H]1O[C@H](OC(C)=O)[C@H](OC(C)=O)[C@@H](OC(C)=O)[C@@H]1OC(O[Si](C)(C)C)c1ccccc1. The van der Waals surface area contributed by atoms with Gasteiger partial charge in [0.2, 0.25) is 12.4 Å². The molecule has 1 aromatic carbocycles. The molecule has 0 aromatic heterocycles. The highest BCUT2D eigenvalue weighted by molar-refractivity contribution is 6.69. The first-order valence-electron chi connectivity index (χ1n) is 11.5. The summed E-state index contributed by atoms with van der Waals surface area (Å²) in [6.07, 6.45) is -7.26. The zero-order valence-electron chi connectivity index (χ0n) is 21.5. The predicted molar refractivity (Wildman–Crippen MR) is 127 cm³/mol. The summed E-state index contributed by atoms with van der Waals surface area (Å²) in [6.45, 7) is 10.3. The van der Waals surface area contributed by atoms with Gasteiger partial charge in [-0.05, 0) is 19.6 Å². The van der Waals surface area contributed by atoms with Crippen molar-refractivity contribution in [3.63, 3.8) is 0 Å². The number of rotatable bonds is 10. The number of ether oxygens (including phenoxy) is 6. The van der Waals surface area contributed by atoms with Gasteiger partial charge in [0.05, 0.1) is 0 Å². The second-order valence-electron chi connectivity index (χ2n) is 9.18. The molecular weight excluding hydrogens is 492 g/mol. The van der Waals surface area contributed by atoms with Gasteiger partial charge in [-0.2, -0.15) is 0 Å². The molecule has 0 bridgehead atoms. The molecule has 0 amide bonds. The van der Waals surface area contributed by atoms with Crippen LogP contribution in [0.15, 0.2) is 30.3 Å². The second kappa shape index (κ2) is 12.9. The minimum atomic E-state index is -2.19. The maximum Gasteiger partial charge on any atom is 0.305 e. The van der Waals surface area contributed by atoms with Crippen LogP contribution < -0.4 is 0 Å². The first kappa shape index (κ1) is 29.4. The molecule has 11 nitrogen and oxygen atoms in total. The zero-order chi connectivity index (χ0) is 27.0. The molecule has 1 aromatic rings. The standard InChI is InChI=1S/C24H34O11Si/c1-14(25)29-13-19-20(34-23(35-36(5,6)7)18-11-9-8-10-12-18)21(30-15(2)26)22(31-16(3)27)24(33-19)32-17(4)28/h8-12,19-24H,13H2,1-7H3/t19-,20-,21+,22-,23?,24+/m1/s1. The molecule has 0 saturated carbocycles. The van der Waals surface area contributed by atoms with E-state index in [-0.39, 0.29) is 6.61 Å². The summed E-state index contributed by atoms with van der Waals surface area (Å²) in [7, 11) is -2.19. The van der Waals surface area contributed by atoms with Crippen molar-refractivity contribution in [2.45, 2.75) is 84.3 Å². The summed E-state index contributed by atoms with van der Waals surface area (Å²) in [5.41, 5.74) is 0.680. The zero-order valence-corrected chi connectivity index (χ0v) is 22.5. The average Bonchev–Trinajstić information content (AvgIpc) is 2.74. The number of carbonyl (C=O) groups excluding carboxylic acids is 4. The topological polar surface area (TPSA) is 133 Å². The fraction of sp³-hybridized carbons (Fsp3) is 0.583. The molecule has 12 heteroatoms. The van der Waals surface area contributed by atoms with Crippen LogP contribution in [0.2, 0.25) is 19.6 Å². The first-order valence-corrected chi connectivity index (χ1v) is 14.9. The van der Waals surface area contributed by atoms with E-state index in [1.54, 1.807) is 0 Å². The third-order valence-electron chi connectivity index (χ3n) is 4.74. The highest BCUT2D eigenvalue weighted by atomic mass is 28.4. The van der Waals surface area contributed by atoms with Gasteiger partial charge >= 0.3 is 23.9 Å². The lowest BCUT2D eigenvalue weighted by Crippen LogP contribution is -2.63. The van der Waals surface area contributed by atoms with Gasteiger partial charge in [0, 0.05) is 33.3 Å². The van der Waals surface area contributed by atoms with Crippen molar-refractivity contribution < 1.29 is 52.0 Å². The van der Waals surface area contributed by atoms with Crippen LogP contribution in [0.5, 0.6) is 0 Å². The van der Waals surface area contributed by atoms with Crippen molar-refractivity contribution in [3.8, 4) is 0 Å². The number of esters is 4. The van der Waals surface area contributed by atoms with E-state index >= 15 is 0 Å².